The lowest BCUT2D eigenvalue weighted by molar-refractivity contribution is -0.126. The van der Waals surface area contributed by atoms with Crippen LogP contribution in [0.15, 0.2) is 57.7 Å². The summed E-state index contributed by atoms with van der Waals surface area (Å²) in [5.74, 6) is -0.231. The molecule has 0 aromatic carbocycles. The lowest BCUT2D eigenvalue weighted by atomic mass is 9.79. The highest BCUT2D eigenvalue weighted by atomic mass is 19.1. The number of nitrogens with one attached hydrogen (secondary N) is 1. The summed E-state index contributed by atoms with van der Waals surface area (Å²) in [6.07, 6.45) is 13.4. The van der Waals surface area contributed by atoms with Gasteiger partial charge >= 0.3 is 0 Å². The van der Waals surface area contributed by atoms with Gasteiger partial charge in [0.1, 0.15) is 5.83 Å². The first-order chi connectivity index (χ1) is 13.1. The van der Waals surface area contributed by atoms with Crippen molar-refractivity contribution in [3.8, 4) is 0 Å². The summed E-state index contributed by atoms with van der Waals surface area (Å²) in [6.45, 7) is 5.07. The molecule has 0 saturated carbocycles. The van der Waals surface area contributed by atoms with Gasteiger partial charge < -0.3 is 10.2 Å². The topological polar surface area (TPSA) is 32.3 Å². The molecule has 0 aromatic rings. The van der Waals surface area contributed by atoms with Gasteiger partial charge in [-0.3, -0.25) is 4.79 Å². The van der Waals surface area contributed by atoms with Crippen molar-refractivity contribution in [2.24, 2.45) is 0 Å². The molecule has 1 unspecified atom stereocenters. The predicted octanol–water partition coefficient (Wildman–Crippen LogP) is 5.20. The van der Waals surface area contributed by atoms with Crippen molar-refractivity contribution >= 4 is 5.91 Å². The normalized spacial score (nSPS) is 27.7. The first-order valence-corrected chi connectivity index (χ1v) is 10.4. The molecule has 3 nitrogen and oxygen atoms in total. The van der Waals surface area contributed by atoms with Crippen LogP contribution < -0.4 is 5.32 Å². The minimum Gasteiger partial charge on any atom is -0.382 e. The molecular formula is C23H29FN2O. The number of carbonyl (C=O) groups excluding carboxylic acids is 1. The number of likely N-dealkylation sites (tertiary alicyclic amines) is 1. The van der Waals surface area contributed by atoms with E-state index in [-0.39, 0.29) is 11.7 Å². The van der Waals surface area contributed by atoms with Crippen LogP contribution in [0.3, 0.4) is 0 Å². The van der Waals surface area contributed by atoms with E-state index in [9.17, 15) is 9.18 Å². The quantitative estimate of drug-likeness (QED) is 0.742. The van der Waals surface area contributed by atoms with Crippen LogP contribution in [-0.4, -0.2) is 23.4 Å². The molecule has 0 spiro atoms. The molecule has 4 rings (SSSR count). The van der Waals surface area contributed by atoms with Crippen LogP contribution in [0.25, 0.3) is 0 Å². The fourth-order valence-electron chi connectivity index (χ4n) is 4.80. The van der Waals surface area contributed by atoms with E-state index in [4.69, 9.17) is 0 Å². The zero-order chi connectivity index (χ0) is 19.0. The van der Waals surface area contributed by atoms with Crippen LogP contribution in [0.1, 0.15) is 65.2 Å². The Labute approximate surface area is 161 Å². The van der Waals surface area contributed by atoms with Crippen LogP contribution in [0.2, 0.25) is 0 Å². The molecule has 4 heteroatoms. The highest BCUT2D eigenvalue weighted by molar-refractivity contribution is 5.81. The third-order valence-corrected chi connectivity index (χ3v) is 6.21. The molecule has 1 amide bonds. The number of halogens is 1. The first-order valence-electron chi connectivity index (χ1n) is 10.4. The minimum absolute atomic E-state index is 0.0324. The standard InChI is InChI=1S/C23H29FN2O/c1-3-21-19(18-8-5-4-7-17(18)15(2)25-21)13-16-10-11-20(24)22(14-16)26-12-6-9-23(26)27/h11,13-15,25H,3-10,12H2,1-2H3/b16-13+. The Bertz CT molecular complexity index is 812. The second-order valence-electron chi connectivity index (χ2n) is 7.98. The number of rotatable bonds is 3. The molecule has 2 heterocycles. The van der Waals surface area contributed by atoms with Gasteiger partial charge in [0.25, 0.3) is 0 Å². The molecule has 1 saturated heterocycles. The highest BCUT2D eigenvalue weighted by Gasteiger charge is 2.29. The van der Waals surface area contributed by atoms with Crippen molar-refractivity contribution in [1.29, 1.82) is 0 Å². The number of hydrogen-bond acceptors (Lipinski definition) is 2. The van der Waals surface area contributed by atoms with Gasteiger partial charge in [0.15, 0.2) is 0 Å². The van der Waals surface area contributed by atoms with Crippen molar-refractivity contribution in [2.75, 3.05) is 6.54 Å². The maximum Gasteiger partial charge on any atom is 0.227 e. The van der Waals surface area contributed by atoms with Crippen molar-refractivity contribution < 1.29 is 9.18 Å². The SMILES string of the molecule is CCC1=C(/C=C2/C=C(N3CCCC3=O)C(F)=CC2)C2=C(CCCC2)C(C)N1. The van der Waals surface area contributed by atoms with Crippen molar-refractivity contribution in [2.45, 2.75) is 71.3 Å². The molecule has 1 atom stereocenters. The molecule has 0 aromatic heterocycles. The number of dihydropyridines is 1. The predicted molar refractivity (Wildman–Crippen MR) is 106 cm³/mol. The summed E-state index contributed by atoms with van der Waals surface area (Å²) in [5.41, 5.74) is 7.17. The molecule has 4 aliphatic rings. The summed E-state index contributed by atoms with van der Waals surface area (Å²) in [6, 6.07) is 0.412. The number of carbonyl (C=O) groups is 1. The van der Waals surface area contributed by atoms with E-state index < -0.39 is 0 Å². The van der Waals surface area contributed by atoms with E-state index in [0.717, 1.165) is 24.8 Å². The lowest BCUT2D eigenvalue weighted by Gasteiger charge is -2.34. The smallest absolute Gasteiger partial charge is 0.227 e. The Kier molecular flexibility index (Phi) is 5.07. The fraction of sp³-hybridized carbons (Fsp3) is 0.522. The molecule has 27 heavy (non-hydrogen) atoms. The summed E-state index contributed by atoms with van der Waals surface area (Å²) >= 11 is 0. The van der Waals surface area contributed by atoms with Crippen LogP contribution in [-0.2, 0) is 4.79 Å². The van der Waals surface area contributed by atoms with Crippen LogP contribution in [0.4, 0.5) is 4.39 Å². The van der Waals surface area contributed by atoms with Gasteiger partial charge in [-0.15, -0.1) is 0 Å². The Morgan fingerprint density at radius 1 is 1.26 bits per heavy atom. The third kappa shape index (κ3) is 3.42. The highest BCUT2D eigenvalue weighted by Crippen LogP contribution is 2.39. The summed E-state index contributed by atoms with van der Waals surface area (Å²) in [4.78, 5) is 13.7. The largest absolute Gasteiger partial charge is 0.382 e. The Hall–Kier alpha value is -2.10. The van der Waals surface area contributed by atoms with Gasteiger partial charge in [0.2, 0.25) is 5.91 Å². The maximum atomic E-state index is 14.4. The van der Waals surface area contributed by atoms with E-state index in [0.29, 0.717) is 31.1 Å². The zero-order valence-electron chi connectivity index (χ0n) is 16.4. The number of amides is 1. The zero-order valence-corrected chi connectivity index (χ0v) is 16.4. The van der Waals surface area contributed by atoms with E-state index >= 15 is 0 Å². The maximum absolute atomic E-state index is 14.4. The van der Waals surface area contributed by atoms with Gasteiger partial charge in [-0.1, -0.05) is 6.92 Å². The van der Waals surface area contributed by atoms with Gasteiger partial charge in [-0.05, 0) is 92.4 Å². The average Bonchev–Trinajstić information content (AvgIpc) is 3.11. The van der Waals surface area contributed by atoms with Crippen LogP contribution >= 0.6 is 0 Å². The lowest BCUT2D eigenvalue weighted by Crippen LogP contribution is -2.34. The van der Waals surface area contributed by atoms with E-state index in [1.54, 1.807) is 16.5 Å². The van der Waals surface area contributed by atoms with E-state index in [2.05, 4.69) is 25.2 Å². The van der Waals surface area contributed by atoms with Gasteiger partial charge in [-0.2, -0.15) is 0 Å². The number of allylic oxidation sites excluding steroid dienone is 8. The molecule has 2 aliphatic carbocycles. The third-order valence-electron chi connectivity index (χ3n) is 6.21. The van der Waals surface area contributed by atoms with E-state index in [1.807, 2.05) is 6.08 Å². The second kappa shape index (κ2) is 7.49. The van der Waals surface area contributed by atoms with Gasteiger partial charge in [0.05, 0.1) is 5.70 Å². The Morgan fingerprint density at radius 2 is 2.07 bits per heavy atom. The van der Waals surface area contributed by atoms with Crippen LogP contribution in [0.5, 0.6) is 0 Å². The average molecular weight is 368 g/mol. The van der Waals surface area contributed by atoms with Crippen molar-refractivity contribution in [1.82, 2.24) is 10.2 Å². The molecule has 1 N–H and O–H groups in total. The van der Waals surface area contributed by atoms with Crippen molar-refractivity contribution in [3.63, 3.8) is 0 Å². The van der Waals surface area contributed by atoms with Gasteiger partial charge in [-0.25, -0.2) is 4.39 Å². The summed E-state index contributed by atoms with van der Waals surface area (Å²) < 4.78 is 14.4. The van der Waals surface area contributed by atoms with Crippen molar-refractivity contribution in [3.05, 3.63) is 57.7 Å². The van der Waals surface area contributed by atoms with E-state index in [1.165, 1.54) is 36.1 Å². The minimum atomic E-state index is -0.264. The molecule has 2 aliphatic heterocycles. The number of hydrogen-bond donors (Lipinski definition) is 1. The first kappa shape index (κ1) is 18.3. The molecule has 0 bridgehead atoms. The number of nitrogens with zero attached hydrogens (tertiary/aromatic N) is 1. The fourth-order valence-corrected chi connectivity index (χ4v) is 4.80. The summed E-state index contributed by atoms with van der Waals surface area (Å²) in [7, 11) is 0. The summed E-state index contributed by atoms with van der Waals surface area (Å²) in [5, 5.41) is 3.69. The Balaban J connectivity index is 1.72. The molecule has 0 radical (unpaired) electrons. The second-order valence-corrected chi connectivity index (χ2v) is 7.98. The molecular weight excluding hydrogens is 339 g/mol. The Morgan fingerprint density at radius 3 is 2.81 bits per heavy atom. The van der Waals surface area contributed by atoms with Gasteiger partial charge in [0, 0.05) is 24.7 Å². The molecule has 144 valence electrons. The van der Waals surface area contributed by atoms with Crippen LogP contribution in [0, 0.1) is 0 Å². The monoisotopic (exact) mass is 368 g/mol. The molecule has 1 fully saturated rings.